The Morgan fingerprint density at radius 3 is 2.16 bits per heavy atom. The molecule has 1 heterocycles. The lowest BCUT2D eigenvalue weighted by atomic mass is 9.86. The van der Waals surface area contributed by atoms with Crippen LogP contribution in [0.15, 0.2) is 18.2 Å². The van der Waals surface area contributed by atoms with Gasteiger partial charge in [-0.05, 0) is 44.3 Å². The van der Waals surface area contributed by atoms with E-state index in [2.05, 4.69) is 45.0 Å². The van der Waals surface area contributed by atoms with Crippen molar-refractivity contribution in [2.75, 3.05) is 33.7 Å². The lowest BCUT2D eigenvalue weighted by molar-refractivity contribution is -0.122. The van der Waals surface area contributed by atoms with Crippen LogP contribution in [-0.4, -0.2) is 57.3 Å². The average molecular weight is 354 g/mol. The van der Waals surface area contributed by atoms with Crippen molar-refractivity contribution in [3.05, 3.63) is 29.6 Å². The molecule has 1 aromatic carbocycles. The molecular formula is C19H31FN2O3. The Labute approximate surface area is 150 Å². The molecule has 0 saturated carbocycles. The monoisotopic (exact) mass is 354 g/mol. The zero-order valence-electron chi connectivity index (χ0n) is 16.1. The molecule has 0 amide bonds. The quantitative estimate of drug-likeness (QED) is 0.665. The highest BCUT2D eigenvalue weighted by molar-refractivity contribution is 6.09. The smallest absolute Gasteiger partial charge is 0.182 e. The normalized spacial score (nSPS) is 14.2. The molecule has 1 aliphatic rings. The summed E-state index contributed by atoms with van der Waals surface area (Å²) in [5.74, 6) is 0.616. The summed E-state index contributed by atoms with van der Waals surface area (Å²) in [6, 6.07) is 4.79. The molecule has 6 heteroatoms. The van der Waals surface area contributed by atoms with Crippen molar-refractivity contribution in [2.24, 2.45) is 0 Å². The number of hydrogen-bond acceptors (Lipinski definition) is 5. The van der Waals surface area contributed by atoms with Crippen molar-refractivity contribution < 1.29 is 18.7 Å². The Hall–Kier alpha value is -1.79. The first-order valence-corrected chi connectivity index (χ1v) is 8.38. The van der Waals surface area contributed by atoms with Gasteiger partial charge in [-0.1, -0.05) is 27.7 Å². The number of carbonyl (C=O) groups excluding carboxylic acids is 2. The second-order valence-electron chi connectivity index (χ2n) is 6.83. The van der Waals surface area contributed by atoms with Crippen LogP contribution in [0.5, 0.6) is 5.75 Å². The molecule has 0 aromatic heterocycles. The first-order chi connectivity index (χ1) is 11.7. The zero-order valence-corrected chi connectivity index (χ0v) is 16.1. The highest BCUT2D eigenvalue weighted by atomic mass is 19.1. The molecule has 0 bridgehead atoms. The summed E-state index contributed by atoms with van der Waals surface area (Å²) in [7, 11) is 4.00. The first kappa shape index (κ1) is 23.2. The molecule has 0 spiro atoms. The number of hydrogen-bond donors (Lipinski definition) is 1. The Balaban J connectivity index is 0.000000609. The number of likely N-dealkylation sites (tertiary alicyclic amines) is 1. The molecule has 1 fully saturated rings. The second kappa shape index (κ2) is 11.7. The van der Waals surface area contributed by atoms with Gasteiger partial charge in [-0.2, -0.15) is 0 Å². The molecule has 1 saturated heterocycles. The van der Waals surface area contributed by atoms with Gasteiger partial charge in [-0.15, -0.1) is 0 Å². The summed E-state index contributed by atoms with van der Waals surface area (Å²) >= 11 is 0. The molecule has 0 atom stereocenters. The minimum Gasteiger partial charge on any atom is -0.487 e. The van der Waals surface area contributed by atoms with Crippen LogP contribution in [0, 0.1) is 5.82 Å². The van der Waals surface area contributed by atoms with Crippen LogP contribution in [-0.2, 0) is 15.0 Å². The van der Waals surface area contributed by atoms with Crippen molar-refractivity contribution in [3.63, 3.8) is 0 Å². The maximum absolute atomic E-state index is 13.3. The van der Waals surface area contributed by atoms with E-state index in [-0.39, 0.29) is 29.9 Å². The number of ether oxygens (including phenoxy) is 1. The minimum atomic E-state index is -0.201. The fourth-order valence-corrected chi connectivity index (χ4v) is 2.09. The van der Waals surface area contributed by atoms with Crippen molar-refractivity contribution in [2.45, 2.75) is 39.2 Å². The summed E-state index contributed by atoms with van der Waals surface area (Å²) in [5, 5.41) is 2.93. The van der Waals surface area contributed by atoms with Crippen molar-refractivity contribution in [1.82, 2.24) is 10.2 Å². The van der Waals surface area contributed by atoms with E-state index in [4.69, 9.17) is 14.3 Å². The van der Waals surface area contributed by atoms with E-state index in [1.165, 1.54) is 6.07 Å². The molecular weight excluding hydrogens is 323 g/mol. The summed E-state index contributed by atoms with van der Waals surface area (Å²) in [6.07, 6.45) is 0.631. The average Bonchev–Trinajstić information content (AvgIpc) is 2.54. The number of rotatable bonds is 4. The Morgan fingerprint density at radius 2 is 1.80 bits per heavy atom. The molecule has 1 aliphatic heterocycles. The van der Waals surface area contributed by atoms with Crippen LogP contribution < -0.4 is 10.1 Å². The molecule has 0 aliphatic carbocycles. The van der Waals surface area contributed by atoms with Crippen molar-refractivity contribution >= 4 is 12.6 Å². The molecule has 0 radical (unpaired) electrons. The fraction of sp³-hybridized carbons (Fsp3) is 0.579. The van der Waals surface area contributed by atoms with Gasteiger partial charge in [-0.3, -0.25) is 14.5 Å². The van der Waals surface area contributed by atoms with Gasteiger partial charge in [0.2, 0.25) is 0 Å². The molecule has 1 N–H and O–H groups in total. The third-order valence-electron chi connectivity index (χ3n) is 3.48. The summed E-state index contributed by atoms with van der Waals surface area (Å²) in [6.45, 7) is 11.2. The molecule has 142 valence electrons. The van der Waals surface area contributed by atoms with Crippen LogP contribution in [0.3, 0.4) is 0 Å². The predicted molar refractivity (Wildman–Crippen MR) is 98.7 cm³/mol. The SMILES string of the molecule is CCNC.CN1CC(Oc2ccc(F)cc2C(C)(C)C)C1.O=CC=O. The zero-order chi connectivity index (χ0) is 19.5. The Morgan fingerprint density at radius 1 is 1.28 bits per heavy atom. The van der Waals surface area contributed by atoms with E-state index < -0.39 is 0 Å². The van der Waals surface area contributed by atoms with Gasteiger partial charge in [-0.25, -0.2) is 4.39 Å². The Bertz CT molecular complexity index is 516. The van der Waals surface area contributed by atoms with Crippen LogP contribution in [0.25, 0.3) is 0 Å². The standard InChI is InChI=1S/C14H20FNO.C3H9N.C2H2O2/c1-14(2,3)12-7-10(15)5-6-13(12)17-11-8-16(4)9-11;1-3-4-2;3-1-2-4/h5-7,11H,8-9H2,1-4H3;4H,3H2,1-2H3;1-2H. The van der Waals surface area contributed by atoms with E-state index in [1.54, 1.807) is 12.1 Å². The van der Waals surface area contributed by atoms with E-state index in [0.29, 0.717) is 0 Å². The van der Waals surface area contributed by atoms with Gasteiger partial charge < -0.3 is 10.1 Å². The van der Waals surface area contributed by atoms with Gasteiger partial charge in [0.1, 0.15) is 17.7 Å². The van der Waals surface area contributed by atoms with Crippen molar-refractivity contribution in [1.29, 1.82) is 0 Å². The van der Waals surface area contributed by atoms with Crippen LogP contribution >= 0.6 is 0 Å². The topological polar surface area (TPSA) is 58.6 Å². The third kappa shape index (κ3) is 9.31. The number of benzene rings is 1. The number of aldehydes is 2. The Kier molecular flexibility index (Phi) is 10.9. The molecule has 1 aromatic rings. The molecule has 25 heavy (non-hydrogen) atoms. The number of carbonyl (C=O) groups is 2. The van der Waals surface area contributed by atoms with Crippen LogP contribution in [0.1, 0.15) is 33.3 Å². The summed E-state index contributed by atoms with van der Waals surface area (Å²) < 4.78 is 19.2. The maximum atomic E-state index is 13.3. The van der Waals surface area contributed by atoms with Gasteiger partial charge in [0.05, 0.1) is 0 Å². The largest absolute Gasteiger partial charge is 0.487 e. The number of likely N-dealkylation sites (N-methyl/N-ethyl adjacent to an activating group) is 1. The van der Waals surface area contributed by atoms with Crippen LogP contribution in [0.2, 0.25) is 0 Å². The van der Waals surface area contributed by atoms with Gasteiger partial charge in [0.25, 0.3) is 0 Å². The highest BCUT2D eigenvalue weighted by Gasteiger charge is 2.27. The lowest BCUT2D eigenvalue weighted by Crippen LogP contribution is -2.51. The molecule has 5 nitrogen and oxygen atoms in total. The molecule has 0 unspecified atom stereocenters. The third-order valence-corrected chi connectivity index (χ3v) is 3.48. The second-order valence-corrected chi connectivity index (χ2v) is 6.83. The summed E-state index contributed by atoms with van der Waals surface area (Å²) in [5.41, 5.74) is 0.833. The van der Waals surface area contributed by atoms with Gasteiger partial charge >= 0.3 is 0 Å². The summed E-state index contributed by atoms with van der Waals surface area (Å²) in [4.78, 5) is 19.8. The molecule has 2 rings (SSSR count). The van der Waals surface area contributed by atoms with E-state index in [9.17, 15) is 4.39 Å². The van der Waals surface area contributed by atoms with E-state index in [0.717, 1.165) is 30.9 Å². The first-order valence-electron chi connectivity index (χ1n) is 8.38. The number of halogens is 1. The van der Waals surface area contributed by atoms with Crippen LogP contribution in [0.4, 0.5) is 4.39 Å². The fourth-order valence-electron chi connectivity index (χ4n) is 2.09. The van der Waals surface area contributed by atoms with Gasteiger partial charge in [0, 0.05) is 18.7 Å². The highest BCUT2D eigenvalue weighted by Crippen LogP contribution is 2.33. The maximum Gasteiger partial charge on any atom is 0.182 e. The minimum absolute atomic E-state index is 0.104. The van der Waals surface area contributed by atoms with Gasteiger partial charge in [0.15, 0.2) is 12.6 Å². The van der Waals surface area contributed by atoms with E-state index in [1.807, 2.05) is 7.05 Å². The van der Waals surface area contributed by atoms with E-state index >= 15 is 0 Å². The predicted octanol–water partition coefficient (Wildman–Crippen LogP) is 2.43. The number of nitrogens with zero attached hydrogens (tertiary/aromatic N) is 1. The lowest BCUT2D eigenvalue weighted by Gasteiger charge is -2.37. The van der Waals surface area contributed by atoms with Crippen molar-refractivity contribution in [3.8, 4) is 5.75 Å². The number of nitrogens with one attached hydrogen (secondary N) is 1.